The molecule has 0 aliphatic carbocycles. The summed E-state index contributed by atoms with van der Waals surface area (Å²) in [7, 11) is -3.12. The fraction of sp³-hybridized carbons (Fsp3) is 0.500. The minimum atomic E-state index is -3.12. The first kappa shape index (κ1) is 17.3. The number of carbonyl (C=O) groups is 1. The first-order valence-corrected chi connectivity index (χ1v) is 8.60. The first-order chi connectivity index (χ1) is 9.94. The predicted octanol–water partition coefficient (Wildman–Crippen LogP) is 1.41. The number of sulfone groups is 1. The number of ether oxygens (including phenoxy) is 2. The van der Waals surface area contributed by atoms with E-state index in [2.05, 4.69) is 0 Å². The fourth-order valence-corrected chi connectivity index (χ4v) is 2.79. The molecule has 0 spiro atoms. The lowest BCUT2D eigenvalue weighted by Crippen LogP contribution is -2.18. The highest BCUT2D eigenvalue weighted by molar-refractivity contribution is 7.91. The van der Waals surface area contributed by atoms with Gasteiger partial charge < -0.3 is 15.2 Å². The van der Waals surface area contributed by atoms with Crippen molar-refractivity contribution in [1.82, 2.24) is 0 Å². The number of anilines is 1. The Morgan fingerprint density at radius 3 is 2.57 bits per heavy atom. The number of hydrogen-bond acceptors (Lipinski definition) is 6. The van der Waals surface area contributed by atoms with Crippen LogP contribution >= 0.6 is 0 Å². The third-order valence-corrected chi connectivity index (χ3v) is 4.47. The second-order valence-electron chi connectivity index (χ2n) is 4.51. The second kappa shape index (κ2) is 8.51. The Morgan fingerprint density at radius 2 is 1.90 bits per heavy atom. The molecule has 0 fully saturated rings. The van der Waals surface area contributed by atoms with E-state index in [0.29, 0.717) is 17.9 Å². The number of hydrogen-bond donors (Lipinski definition) is 1. The van der Waals surface area contributed by atoms with Crippen molar-refractivity contribution in [2.75, 3.05) is 30.5 Å². The molecule has 2 N–H and O–H groups in total. The zero-order valence-electron chi connectivity index (χ0n) is 12.1. The topological polar surface area (TPSA) is 95.7 Å². The average Bonchev–Trinajstić information content (AvgIpc) is 2.40. The molecule has 0 aromatic heterocycles. The van der Waals surface area contributed by atoms with Gasteiger partial charge in [0.05, 0.1) is 30.2 Å². The SMILES string of the molecule is CCCS(=O)(=O)CCOC(=O)CCOc1ccccc1N. The van der Waals surface area contributed by atoms with Crippen LogP contribution in [0.4, 0.5) is 5.69 Å². The molecule has 0 bridgehead atoms. The molecule has 0 aliphatic heterocycles. The summed E-state index contributed by atoms with van der Waals surface area (Å²) in [5, 5.41) is 0. The van der Waals surface area contributed by atoms with Gasteiger partial charge in [-0.2, -0.15) is 0 Å². The van der Waals surface area contributed by atoms with Gasteiger partial charge in [-0.25, -0.2) is 8.42 Å². The molecule has 0 aliphatic rings. The Balaban J connectivity index is 2.22. The Morgan fingerprint density at radius 1 is 1.19 bits per heavy atom. The molecule has 0 radical (unpaired) electrons. The van der Waals surface area contributed by atoms with E-state index in [4.69, 9.17) is 15.2 Å². The van der Waals surface area contributed by atoms with Gasteiger partial charge in [-0.15, -0.1) is 0 Å². The minimum absolute atomic E-state index is 0.0438. The Bertz CT molecular complexity index is 556. The standard InChI is InChI=1S/C14H21NO5S/c1-2-10-21(17,18)11-9-20-14(16)7-8-19-13-6-4-3-5-12(13)15/h3-6H,2,7-11,15H2,1H3. The minimum Gasteiger partial charge on any atom is -0.491 e. The Labute approximate surface area is 125 Å². The van der Waals surface area contributed by atoms with E-state index in [9.17, 15) is 13.2 Å². The van der Waals surface area contributed by atoms with Crippen molar-refractivity contribution in [2.45, 2.75) is 19.8 Å². The van der Waals surface area contributed by atoms with E-state index in [1.54, 1.807) is 31.2 Å². The summed E-state index contributed by atoms with van der Waals surface area (Å²) >= 11 is 0. The second-order valence-corrected chi connectivity index (χ2v) is 6.81. The van der Waals surface area contributed by atoms with Gasteiger partial charge in [0.15, 0.2) is 9.84 Å². The van der Waals surface area contributed by atoms with E-state index in [-0.39, 0.29) is 31.1 Å². The largest absolute Gasteiger partial charge is 0.491 e. The number of carbonyl (C=O) groups excluding carboxylic acids is 1. The van der Waals surface area contributed by atoms with E-state index in [1.807, 2.05) is 0 Å². The van der Waals surface area contributed by atoms with Crippen molar-refractivity contribution in [3.8, 4) is 5.75 Å². The molecule has 1 aromatic carbocycles. The fourth-order valence-electron chi connectivity index (χ4n) is 1.62. The summed E-state index contributed by atoms with van der Waals surface area (Å²) in [5.41, 5.74) is 6.18. The summed E-state index contributed by atoms with van der Waals surface area (Å²) in [6.45, 7) is 1.81. The van der Waals surface area contributed by atoms with Crippen molar-refractivity contribution in [3.63, 3.8) is 0 Å². The molecular weight excluding hydrogens is 294 g/mol. The molecule has 0 heterocycles. The molecule has 0 unspecified atom stereocenters. The molecule has 1 rings (SSSR count). The maximum absolute atomic E-state index is 11.4. The van der Waals surface area contributed by atoms with Crippen LogP contribution in [-0.2, 0) is 19.4 Å². The average molecular weight is 315 g/mol. The number of rotatable bonds is 9. The van der Waals surface area contributed by atoms with Gasteiger partial charge >= 0.3 is 5.97 Å². The summed E-state index contributed by atoms with van der Waals surface area (Å²) in [6, 6.07) is 6.97. The highest BCUT2D eigenvalue weighted by atomic mass is 32.2. The van der Waals surface area contributed by atoms with Crippen molar-refractivity contribution in [1.29, 1.82) is 0 Å². The molecule has 0 saturated carbocycles. The third-order valence-electron chi connectivity index (χ3n) is 2.66. The molecule has 0 amide bonds. The van der Waals surface area contributed by atoms with Gasteiger partial charge in [0.2, 0.25) is 0 Å². The van der Waals surface area contributed by atoms with Crippen LogP contribution in [0.15, 0.2) is 24.3 Å². The van der Waals surface area contributed by atoms with Crippen LogP contribution < -0.4 is 10.5 Å². The predicted molar refractivity (Wildman–Crippen MR) is 80.9 cm³/mol. The lowest BCUT2D eigenvalue weighted by atomic mass is 10.3. The Kier molecular flexibility index (Phi) is 7.01. The van der Waals surface area contributed by atoms with E-state index < -0.39 is 15.8 Å². The van der Waals surface area contributed by atoms with Crippen LogP contribution in [0.1, 0.15) is 19.8 Å². The van der Waals surface area contributed by atoms with Gasteiger partial charge in [0.1, 0.15) is 12.4 Å². The lowest BCUT2D eigenvalue weighted by molar-refractivity contribution is -0.143. The van der Waals surface area contributed by atoms with Gasteiger partial charge in [0.25, 0.3) is 0 Å². The molecule has 0 saturated heterocycles. The number of para-hydroxylation sites is 2. The zero-order valence-corrected chi connectivity index (χ0v) is 12.9. The van der Waals surface area contributed by atoms with Crippen molar-refractivity contribution >= 4 is 21.5 Å². The van der Waals surface area contributed by atoms with Crippen LogP contribution in [0.2, 0.25) is 0 Å². The molecule has 7 heteroatoms. The molecule has 118 valence electrons. The molecule has 6 nitrogen and oxygen atoms in total. The molecule has 21 heavy (non-hydrogen) atoms. The zero-order chi connectivity index (χ0) is 15.7. The molecule has 1 aromatic rings. The highest BCUT2D eigenvalue weighted by Gasteiger charge is 2.11. The van der Waals surface area contributed by atoms with Gasteiger partial charge in [-0.05, 0) is 18.6 Å². The number of benzene rings is 1. The summed E-state index contributed by atoms with van der Waals surface area (Å²) in [5.74, 6) is -0.00737. The number of nitrogens with two attached hydrogens (primary N) is 1. The molecular formula is C14H21NO5S. The third kappa shape index (κ3) is 6.99. The quantitative estimate of drug-likeness (QED) is 0.547. The van der Waals surface area contributed by atoms with Crippen LogP contribution in [-0.4, -0.2) is 39.1 Å². The summed E-state index contributed by atoms with van der Waals surface area (Å²) in [6.07, 6.45) is 0.602. The van der Waals surface area contributed by atoms with Gasteiger partial charge in [-0.3, -0.25) is 4.79 Å². The van der Waals surface area contributed by atoms with E-state index >= 15 is 0 Å². The smallest absolute Gasteiger partial charge is 0.309 e. The lowest BCUT2D eigenvalue weighted by Gasteiger charge is -2.08. The van der Waals surface area contributed by atoms with Crippen LogP contribution in [0.5, 0.6) is 5.75 Å². The monoisotopic (exact) mass is 315 g/mol. The van der Waals surface area contributed by atoms with Crippen molar-refractivity contribution in [2.24, 2.45) is 0 Å². The number of nitrogen functional groups attached to an aromatic ring is 1. The van der Waals surface area contributed by atoms with E-state index in [0.717, 1.165) is 0 Å². The van der Waals surface area contributed by atoms with Gasteiger partial charge in [0, 0.05) is 0 Å². The van der Waals surface area contributed by atoms with Crippen molar-refractivity contribution < 1.29 is 22.7 Å². The van der Waals surface area contributed by atoms with Crippen molar-refractivity contribution in [3.05, 3.63) is 24.3 Å². The highest BCUT2D eigenvalue weighted by Crippen LogP contribution is 2.19. The number of esters is 1. The Hall–Kier alpha value is -1.76. The first-order valence-electron chi connectivity index (χ1n) is 6.78. The summed E-state index contributed by atoms with van der Waals surface area (Å²) in [4.78, 5) is 11.4. The van der Waals surface area contributed by atoms with Gasteiger partial charge in [-0.1, -0.05) is 19.1 Å². The molecule has 0 atom stereocenters. The summed E-state index contributed by atoms with van der Waals surface area (Å²) < 4.78 is 33.0. The maximum Gasteiger partial charge on any atom is 0.309 e. The van der Waals surface area contributed by atoms with Crippen LogP contribution in [0.25, 0.3) is 0 Å². The maximum atomic E-state index is 11.4. The van der Waals surface area contributed by atoms with E-state index in [1.165, 1.54) is 0 Å². The van der Waals surface area contributed by atoms with Crippen LogP contribution in [0.3, 0.4) is 0 Å². The normalized spacial score (nSPS) is 11.1. The van der Waals surface area contributed by atoms with Crippen LogP contribution in [0, 0.1) is 0 Å².